The largest absolute Gasteiger partial charge is 0.459 e. The summed E-state index contributed by atoms with van der Waals surface area (Å²) in [5.41, 5.74) is 2.07. The molecule has 1 aromatic heterocycles. The lowest BCUT2D eigenvalue weighted by Crippen LogP contribution is -2.16. The molecular formula is C15H16FN3O3. The highest BCUT2D eigenvalue weighted by Gasteiger charge is 2.11. The first kappa shape index (κ1) is 15.7. The second kappa shape index (κ2) is 7.35. The van der Waals surface area contributed by atoms with Gasteiger partial charge >= 0.3 is 12.1 Å². The highest BCUT2D eigenvalue weighted by molar-refractivity contribution is 5.83. The number of carbonyl (C=O) groups excluding carboxylic acids is 1. The van der Waals surface area contributed by atoms with Crippen molar-refractivity contribution in [3.8, 4) is 6.01 Å². The number of nitrogens with one attached hydrogen (secondary N) is 1. The number of anilines is 1. The van der Waals surface area contributed by atoms with E-state index in [1.165, 1.54) is 0 Å². The first-order valence-electron chi connectivity index (χ1n) is 6.73. The lowest BCUT2D eigenvalue weighted by molar-refractivity contribution is 0.167. The molecule has 1 heterocycles. The maximum atomic E-state index is 13.5. The molecular weight excluding hydrogens is 289 g/mol. The predicted molar refractivity (Wildman–Crippen MR) is 78.1 cm³/mol. The van der Waals surface area contributed by atoms with Gasteiger partial charge in [-0.25, -0.2) is 14.2 Å². The molecule has 0 spiro atoms. The van der Waals surface area contributed by atoms with Gasteiger partial charge in [-0.05, 0) is 19.4 Å². The number of carbonyl (C=O) groups is 1. The van der Waals surface area contributed by atoms with Crippen molar-refractivity contribution in [1.29, 1.82) is 0 Å². The molecule has 0 atom stereocenters. The number of benzene rings is 1. The predicted octanol–water partition coefficient (Wildman–Crippen LogP) is 3.07. The smallest absolute Gasteiger partial charge is 0.412 e. The zero-order chi connectivity index (χ0) is 15.9. The minimum Gasteiger partial charge on any atom is -0.459 e. The third kappa shape index (κ3) is 4.41. The van der Waals surface area contributed by atoms with E-state index in [0.717, 1.165) is 17.3 Å². The van der Waals surface area contributed by atoms with Crippen LogP contribution in [0.25, 0.3) is 0 Å². The zero-order valence-corrected chi connectivity index (χ0v) is 12.3. The number of rotatable bonds is 5. The van der Waals surface area contributed by atoms with E-state index in [9.17, 15) is 9.18 Å². The van der Waals surface area contributed by atoms with Gasteiger partial charge in [-0.15, -0.1) is 0 Å². The Morgan fingerprint density at radius 1 is 1.32 bits per heavy atom. The van der Waals surface area contributed by atoms with Crippen LogP contribution in [-0.4, -0.2) is 22.7 Å². The average molecular weight is 305 g/mol. The third-order valence-electron chi connectivity index (χ3n) is 2.71. The molecule has 0 unspecified atom stereocenters. The summed E-state index contributed by atoms with van der Waals surface area (Å²) in [5.74, 6) is -1.05. The Kier molecular flexibility index (Phi) is 5.24. The topological polar surface area (TPSA) is 73.3 Å². The van der Waals surface area contributed by atoms with Crippen LogP contribution in [0.15, 0.2) is 30.5 Å². The van der Waals surface area contributed by atoms with E-state index < -0.39 is 11.9 Å². The number of aryl methyl sites for hydroxylation is 1. The van der Waals surface area contributed by atoms with Gasteiger partial charge in [-0.2, -0.15) is 4.98 Å². The van der Waals surface area contributed by atoms with Crippen molar-refractivity contribution in [3.63, 3.8) is 0 Å². The summed E-state index contributed by atoms with van der Waals surface area (Å²) in [5, 5.41) is 2.19. The molecule has 22 heavy (non-hydrogen) atoms. The minimum atomic E-state index is -0.787. The fraction of sp³-hybridized carbons (Fsp3) is 0.267. The first-order chi connectivity index (χ1) is 10.6. The summed E-state index contributed by atoms with van der Waals surface area (Å²) in [6, 6.07) is 7.71. The standard InChI is InChI=1S/C15H16FN3O3/c1-3-21-15(20)19-13-12(16)8-17-14(18-13)22-9-11-6-4-10(2)5-7-11/h4-8H,3,9H2,1-2H3,(H,17,18,19,20). The summed E-state index contributed by atoms with van der Waals surface area (Å²) < 4.78 is 23.6. The van der Waals surface area contributed by atoms with Crippen molar-refractivity contribution < 1.29 is 18.7 Å². The monoisotopic (exact) mass is 305 g/mol. The van der Waals surface area contributed by atoms with Gasteiger partial charge in [0.05, 0.1) is 12.8 Å². The van der Waals surface area contributed by atoms with Gasteiger partial charge in [0.2, 0.25) is 0 Å². The summed E-state index contributed by atoms with van der Waals surface area (Å²) in [6.07, 6.45) is 0.142. The number of nitrogens with zero attached hydrogens (tertiary/aromatic N) is 2. The Morgan fingerprint density at radius 2 is 2.05 bits per heavy atom. The fourth-order valence-electron chi connectivity index (χ4n) is 1.60. The molecule has 0 bridgehead atoms. The molecule has 0 fully saturated rings. The van der Waals surface area contributed by atoms with Crippen LogP contribution in [0.4, 0.5) is 15.0 Å². The van der Waals surface area contributed by atoms with Gasteiger partial charge in [0.25, 0.3) is 0 Å². The van der Waals surface area contributed by atoms with Crippen molar-refractivity contribution in [3.05, 3.63) is 47.4 Å². The molecule has 0 saturated heterocycles. The van der Waals surface area contributed by atoms with Gasteiger partial charge in [0, 0.05) is 0 Å². The van der Waals surface area contributed by atoms with Crippen LogP contribution >= 0.6 is 0 Å². The summed E-state index contributed by atoms with van der Waals surface area (Å²) in [6.45, 7) is 4.05. The van der Waals surface area contributed by atoms with Crippen molar-refractivity contribution in [2.24, 2.45) is 0 Å². The number of aromatic nitrogens is 2. The quantitative estimate of drug-likeness (QED) is 0.919. The van der Waals surface area contributed by atoms with Crippen LogP contribution in [-0.2, 0) is 11.3 Å². The van der Waals surface area contributed by atoms with Crippen LogP contribution in [0.1, 0.15) is 18.1 Å². The van der Waals surface area contributed by atoms with E-state index in [4.69, 9.17) is 4.74 Å². The van der Waals surface area contributed by atoms with Crippen LogP contribution in [0.5, 0.6) is 6.01 Å². The summed E-state index contributed by atoms with van der Waals surface area (Å²) in [4.78, 5) is 18.8. The van der Waals surface area contributed by atoms with Crippen molar-refractivity contribution >= 4 is 11.9 Å². The molecule has 2 rings (SSSR count). The van der Waals surface area contributed by atoms with E-state index in [2.05, 4.69) is 20.0 Å². The fourth-order valence-corrected chi connectivity index (χ4v) is 1.60. The maximum Gasteiger partial charge on any atom is 0.412 e. The van der Waals surface area contributed by atoms with E-state index in [0.29, 0.717) is 0 Å². The number of hydrogen-bond donors (Lipinski definition) is 1. The molecule has 1 N–H and O–H groups in total. The Bertz CT molecular complexity index is 647. The highest BCUT2D eigenvalue weighted by Crippen LogP contribution is 2.15. The highest BCUT2D eigenvalue weighted by atomic mass is 19.1. The number of ether oxygens (including phenoxy) is 2. The van der Waals surface area contributed by atoms with Crippen molar-refractivity contribution in [2.45, 2.75) is 20.5 Å². The molecule has 0 aliphatic heterocycles. The molecule has 0 radical (unpaired) electrons. The van der Waals surface area contributed by atoms with Crippen LogP contribution < -0.4 is 10.1 Å². The lowest BCUT2D eigenvalue weighted by Gasteiger charge is -2.08. The van der Waals surface area contributed by atoms with Crippen LogP contribution in [0.2, 0.25) is 0 Å². The Labute approximate surface area is 127 Å². The molecule has 0 aliphatic rings. The second-order valence-electron chi connectivity index (χ2n) is 4.47. The molecule has 0 saturated carbocycles. The van der Waals surface area contributed by atoms with E-state index >= 15 is 0 Å². The lowest BCUT2D eigenvalue weighted by atomic mass is 10.2. The Hall–Kier alpha value is -2.70. The number of amides is 1. The van der Waals surface area contributed by atoms with Gasteiger partial charge in [-0.1, -0.05) is 29.8 Å². The normalized spacial score (nSPS) is 10.1. The second-order valence-corrected chi connectivity index (χ2v) is 4.47. The van der Waals surface area contributed by atoms with E-state index in [1.807, 2.05) is 31.2 Å². The molecule has 2 aromatic rings. The summed E-state index contributed by atoms with van der Waals surface area (Å²) >= 11 is 0. The number of halogens is 1. The van der Waals surface area contributed by atoms with Crippen molar-refractivity contribution in [2.75, 3.05) is 11.9 Å². The van der Waals surface area contributed by atoms with Gasteiger partial charge in [-0.3, -0.25) is 5.32 Å². The van der Waals surface area contributed by atoms with E-state index in [1.54, 1.807) is 6.92 Å². The first-order valence-corrected chi connectivity index (χ1v) is 6.73. The summed E-state index contributed by atoms with van der Waals surface area (Å²) in [7, 11) is 0. The van der Waals surface area contributed by atoms with Crippen molar-refractivity contribution in [1.82, 2.24) is 9.97 Å². The molecule has 0 aliphatic carbocycles. The van der Waals surface area contributed by atoms with Crippen LogP contribution in [0, 0.1) is 12.7 Å². The Morgan fingerprint density at radius 3 is 2.73 bits per heavy atom. The molecule has 1 aromatic carbocycles. The van der Waals surface area contributed by atoms with Crippen LogP contribution in [0.3, 0.4) is 0 Å². The number of hydrogen-bond acceptors (Lipinski definition) is 5. The molecule has 116 valence electrons. The molecule has 1 amide bonds. The maximum absolute atomic E-state index is 13.5. The molecule has 6 nitrogen and oxygen atoms in total. The van der Waals surface area contributed by atoms with Gasteiger partial charge < -0.3 is 9.47 Å². The Balaban J connectivity index is 2.02. The SMILES string of the molecule is CCOC(=O)Nc1nc(OCc2ccc(C)cc2)ncc1F. The average Bonchev–Trinajstić information content (AvgIpc) is 2.50. The molecule has 7 heteroatoms. The van der Waals surface area contributed by atoms with Gasteiger partial charge in [0.15, 0.2) is 11.6 Å². The third-order valence-corrected chi connectivity index (χ3v) is 2.71. The minimum absolute atomic E-state index is 0.0335. The van der Waals surface area contributed by atoms with Gasteiger partial charge in [0.1, 0.15) is 6.61 Å². The zero-order valence-electron chi connectivity index (χ0n) is 12.3. The van der Waals surface area contributed by atoms with E-state index in [-0.39, 0.29) is 25.0 Å².